The fourth-order valence-corrected chi connectivity index (χ4v) is 2.85. The van der Waals surface area contributed by atoms with Gasteiger partial charge in [0, 0.05) is 19.6 Å². The SMILES string of the molecule is CN(CC1CCCCN1)c1ccc(C#N)c(Br)c1F. The first-order chi connectivity index (χ1) is 9.13. The number of piperidine rings is 1. The van der Waals surface area contributed by atoms with Crippen LogP contribution in [-0.4, -0.2) is 26.2 Å². The Kier molecular flexibility index (Phi) is 4.78. The molecule has 1 atom stereocenters. The first-order valence-corrected chi connectivity index (χ1v) is 7.25. The van der Waals surface area contributed by atoms with E-state index in [-0.39, 0.29) is 10.3 Å². The summed E-state index contributed by atoms with van der Waals surface area (Å²) in [6, 6.07) is 5.69. The van der Waals surface area contributed by atoms with Crippen molar-refractivity contribution in [2.24, 2.45) is 0 Å². The van der Waals surface area contributed by atoms with Gasteiger partial charge in [-0.15, -0.1) is 0 Å². The van der Waals surface area contributed by atoms with Crippen LogP contribution < -0.4 is 10.2 Å². The molecule has 1 aromatic rings. The Labute approximate surface area is 121 Å². The van der Waals surface area contributed by atoms with Gasteiger partial charge in [0.2, 0.25) is 0 Å². The molecule has 2 rings (SSSR count). The van der Waals surface area contributed by atoms with Crippen molar-refractivity contribution in [3.63, 3.8) is 0 Å². The van der Waals surface area contributed by atoms with Gasteiger partial charge in [0.05, 0.1) is 15.7 Å². The zero-order chi connectivity index (χ0) is 13.8. The van der Waals surface area contributed by atoms with Crippen molar-refractivity contribution in [2.75, 3.05) is 25.0 Å². The van der Waals surface area contributed by atoms with Crippen LogP contribution in [0.3, 0.4) is 0 Å². The molecule has 1 unspecified atom stereocenters. The summed E-state index contributed by atoms with van der Waals surface area (Å²) >= 11 is 3.14. The lowest BCUT2D eigenvalue weighted by molar-refractivity contribution is 0.402. The highest BCUT2D eigenvalue weighted by atomic mass is 79.9. The van der Waals surface area contributed by atoms with E-state index >= 15 is 0 Å². The highest BCUT2D eigenvalue weighted by molar-refractivity contribution is 9.10. The lowest BCUT2D eigenvalue weighted by atomic mass is 10.0. The summed E-state index contributed by atoms with van der Waals surface area (Å²) in [5.74, 6) is -0.364. The third kappa shape index (κ3) is 3.26. The average Bonchev–Trinajstić information content (AvgIpc) is 2.42. The van der Waals surface area contributed by atoms with Gasteiger partial charge in [0.1, 0.15) is 6.07 Å². The lowest BCUT2D eigenvalue weighted by Crippen LogP contribution is -2.42. The summed E-state index contributed by atoms with van der Waals surface area (Å²) < 4.78 is 14.4. The van der Waals surface area contributed by atoms with Crippen LogP contribution in [0.1, 0.15) is 24.8 Å². The summed E-state index contributed by atoms with van der Waals surface area (Å²) in [5.41, 5.74) is 0.851. The van der Waals surface area contributed by atoms with Gasteiger partial charge >= 0.3 is 0 Å². The molecule has 0 aliphatic carbocycles. The Morgan fingerprint density at radius 1 is 1.53 bits per heavy atom. The number of nitrogens with zero attached hydrogens (tertiary/aromatic N) is 2. The first kappa shape index (κ1) is 14.3. The van der Waals surface area contributed by atoms with Crippen LogP contribution in [0.5, 0.6) is 0 Å². The van der Waals surface area contributed by atoms with E-state index < -0.39 is 0 Å². The molecule has 19 heavy (non-hydrogen) atoms. The molecule has 1 aliphatic rings. The molecule has 3 nitrogen and oxygen atoms in total. The molecule has 0 aromatic heterocycles. The third-order valence-corrected chi connectivity index (χ3v) is 4.28. The molecule has 1 heterocycles. The Morgan fingerprint density at radius 3 is 2.95 bits per heavy atom. The summed E-state index contributed by atoms with van der Waals surface area (Å²) in [7, 11) is 1.88. The second-order valence-corrected chi connectivity index (χ2v) is 5.69. The van der Waals surface area contributed by atoms with Gasteiger partial charge in [-0.25, -0.2) is 4.39 Å². The molecule has 0 spiro atoms. The molecule has 1 saturated heterocycles. The Bertz CT molecular complexity index is 492. The predicted molar refractivity (Wildman–Crippen MR) is 77.7 cm³/mol. The number of nitrogens with one attached hydrogen (secondary N) is 1. The number of halogens is 2. The molecule has 102 valence electrons. The maximum absolute atomic E-state index is 14.2. The third-order valence-electron chi connectivity index (χ3n) is 3.50. The topological polar surface area (TPSA) is 39.1 Å². The van der Waals surface area contributed by atoms with Gasteiger partial charge in [-0.3, -0.25) is 0 Å². The molecule has 0 saturated carbocycles. The fraction of sp³-hybridized carbons (Fsp3) is 0.500. The number of hydrogen-bond acceptors (Lipinski definition) is 3. The van der Waals surface area contributed by atoms with Crippen molar-refractivity contribution in [1.82, 2.24) is 5.32 Å². The van der Waals surface area contributed by atoms with Crippen LogP contribution in [0.15, 0.2) is 16.6 Å². The molecule has 0 radical (unpaired) electrons. The molecule has 0 amide bonds. The molecular formula is C14H17BrFN3. The van der Waals surface area contributed by atoms with Gasteiger partial charge in [-0.2, -0.15) is 5.26 Å². The maximum Gasteiger partial charge on any atom is 0.161 e. The summed E-state index contributed by atoms with van der Waals surface area (Å²) in [4.78, 5) is 1.91. The van der Waals surface area contributed by atoms with Crippen LogP contribution in [0.2, 0.25) is 0 Å². The average molecular weight is 326 g/mol. The summed E-state index contributed by atoms with van der Waals surface area (Å²) in [6.07, 6.45) is 3.57. The number of benzene rings is 1. The molecule has 0 bridgehead atoms. The molecule has 1 fully saturated rings. The van der Waals surface area contributed by atoms with Crippen LogP contribution in [-0.2, 0) is 0 Å². The lowest BCUT2D eigenvalue weighted by Gasteiger charge is -2.29. The van der Waals surface area contributed by atoms with Crippen molar-refractivity contribution >= 4 is 21.6 Å². The zero-order valence-electron chi connectivity index (χ0n) is 10.9. The highest BCUT2D eigenvalue weighted by Gasteiger charge is 2.18. The number of rotatable bonds is 3. The zero-order valence-corrected chi connectivity index (χ0v) is 12.5. The minimum Gasteiger partial charge on any atom is -0.371 e. The molecule has 5 heteroatoms. The van der Waals surface area contributed by atoms with E-state index in [1.807, 2.05) is 18.0 Å². The Morgan fingerprint density at radius 2 is 2.32 bits per heavy atom. The van der Waals surface area contributed by atoms with E-state index in [9.17, 15) is 4.39 Å². The molecular weight excluding hydrogens is 309 g/mol. The highest BCUT2D eigenvalue weighted by Crippen LogP contribution is 2.28. The Balaban J connectivity index is 2.12. The molecule has 1 aromatic carbocycles. The number of likely N-dealkylation sites (N-methyl/N-ethyl adjacent to an activating group) is 1. The quantitative estimate of drug-likeness (QED) is 0.928. The fourth-order valence-electron chi connectivity index (χ4n) is 2.43. The van der Waals surface area contributed by atoms with Crippen molar-refractivity contribution in [3.05, 3.63) is 28.0 Å². The van der Waals surface area contributed by atoms with Gasteiger partial charge in [0.25, 0.3) is 0 Å². The second-order valence-electron chi connectivity index (χ2n) is 4.90. The smallest absolute Gasteiger partial charge is 0.161 e. The normalized spacial score (nSPS) is 18.9. The summed E-state index contributed by atoms with van der Waals surface area (Å²) in [6.45, 7) is 1.81. The minimum absolute atomic E-state index is 0.246. The monoisotopic (exact) mass is 325 g/mol. The first-order valence-electron chi connectivity index (χ1n) is 6.46. The van der Waals surface area contributed by atoms with Gasteiger partial charge in [-0.05, 0) is 47.4 Å². The van der Waals surface area contributed by atoms with Crippen molar-refractivity contribution in [2.45, 2.75) is 25.3 Å². The predicted octanol–water partition coefficient (Wildman–Crippen LogP) is 3.04. The van der Waals surface area contributed by atoms with Crippen LogP contribution in [0.25, 0.3) is 0 Å². The van der Waals surface area contributed by atoms with Gasteiger partial charge < -0.3 is 10.2 Å². The van der Waals surface area contributed by atoms with E-state index in [4.69, 9.17) is 5.26 Å². The number of hydrogen-bond donors (Lipinski definition) is 1. The number of nitriles is 1. The molecule has 1 N–H and O–H groups in total. The van der Waals surface area contributed by atoms with Gasteiger partial charge in [-0.1, -0.05) is 6.42 Å². The van der Waals surface area contributed by atoms with Crippen molar-refractivity contribution in [1.29, 1.82) is 5.26 Å². The van der Waals surface area contributed by atoms with Crippen molar-refractivity contribution in [3.8, 4) is 6.07 Å². The van der Waals surface area contributed by atoms with E-state index in [0.717, 1.165) is 19.5 Å². The number of anilines is 1. The second kappa shape index (κ2) is 6.36. The standard InChI is InChI=1S/C14H17BrFN3/c1-19(9-11-4-2-3-7-18-11)12-6-5-10(8-17)13(15)14(12)16/h5-6,11,18H,2-4,7,9H2,1H3. The molecule has 1 aliphatic heterocycles. The van der Waals surface area contributed by atoms with E-state index in [1.165, 1.54) is 12.8 Å². The Hall–Kier alpha value is -1.12. The van der Waals surface area contributed by atoms with Crippen LogP contribution >= 0.6 is 15.9 Å². The van der Waals surface area contributed by atoms with Crippen LogP contribution in [0.4, 0.5) is 10.1 Å². The van der Waals surface area contributed by atoms with E-state index in [1.54, 1.807) is 12.1 Å². The maximum atomic E-state index is 14.2. The van der Waals surface area contributed by atoms with Gasteiger partial charge in [0.15, 0.2) is 5.82 Å². The van der Waals surface area contributed by atoms with Crippen molar-refractivity contribution < 1.29 is 4.39 Å². The summed E-state index contributed by atoms with van der Waals surface area (Å²) in [5, 5.41) is 12.3. The van der Waals surface area contributed by atoms with E-state index in [2.05, 4.69) is 21.2 Å². The largest absolute Gasteiger partial charge is 0.371 e. The minimum atomic E-state index is -0.364. The van der Waals surface area contributed by atoms with E-state index in [0.29, 0.717) is 17.3 Å². The van der Waals surface area contributed by atoms with Crippen LogP contribution in [0, 0.1) is 17.1 Å².